The number of nitrogens with one attached hydrogen (secondary N) is 2. The molecule has 2 N–H and O–H groups in total. The van der Waals surface area contributed by atoms with Gasteiger partial charge in [-0.25, -0.2) is 5.43 Å². The van der Waals surface area contributed by atoms with E-state index >= 15 is 0 Å². The summed E-state index contributed by atoms with van der Waals surface area (Å²) in [6.45, 7) is 0.556. The zero-order valence-corrected chi connectivity index (χ0v) is 14.5. The first-order valence-electron chi connectivity index (χ1n) is 8.43. The average molecular weight is 372 g/mol. The molecule has 3 rings (SSSR count). The molecule has 6 heteroatoms. The molecule has 0 aliphatic rings. The van der Waals surface area contributed by atoms with Crippen molar-refractivity contribution in [2.45, 2.75) is 19.3 Å². The van der Waals surface area contributed by atoms with Crippen LogP contribution >= 0.6 is 0 Å². The lowest BCUT2D eigenvalue weighted by Gasteiger charge is -2.14. The van der Waals surface area contributed by atoms with Crippen LogP contribution in [-0.4, -0.2) is 0 Å². The van der Waals surface area contributed by atoms with Crippen LogP contribution in [-0.2, 0) is 19.3 Å². The summed E-state index contributed by atoms with van der Waals surface area (Å²) in [6.07, 6.45) is -4.36. The van der Waals surface area contributed by atoms with E-state index in [1.165, 1.54) is 6.07 Å². The van der Waals surface area contributed by atoms with E-state index in [0.717, 1.165) is 23.4 Å². The van der Waals surface area contributed by atoms with Crippen LogP contribution in [0.5, 0.6) is 5.75 Å². The maximum Gasteiger partial charge on any atom is 0.416 e. The molecule has 0 amide bonds. The van der Waals surface area contributed by atoms with Crippen LogP contribution in [0.4, 0.5) is 18.9 Å². The molecule has 0 heterocycles. The Labute approximate surface area is 155 Å². The van der Waals surface area contributed by atoms with E-state index in [2.05, 4.69) is 10.9 Å². The van der Waals surface area contributed by atoms with Crippen LogP contribution < -0.4 is 15.6 Å². The zero-order chi connectivity index (χ0) is 19.1. The Morgan fingerprint density at radius 2 is 1.56 bits per heavy atom. The van der Waals surface area contributed by atoms with Crippen LogP contribution in [0.15, 0.2) is 78.9 Å². The number of benzene rings is 3. The smallest absolute Gasteiger partial charge is 0.416 e. The number of halogens is 3. The first-order chi connectivity index (χ1) is 13.0. The van der Waals surface area contributed by atoms with Crippen LogP contribution in [0.1, 0.15) is 16.7 Å². The fourth-order valence-corrected chi connectivity index (χ4v) is 2.55. The van der Waals surface area contributed by atoms with Crippen molar-refractivity contribution in [2.75, 3.05) is 5.43 Å². The van der Waals surface area contributed by atoms with Crippen LogP contribution in [0.25, 0.3) is 0 Å². The molecule has 0 fully saturated rings. The first-order valence-corrected chi connectivity index (χ1v) is 8.43. The van der Waals surface area contributed by atoms with Gasteiger partial charge in [0.15, 0.2) is 0 Å². The molecule has 0 atom stereocenters. The summed E-state index contributed by atoms with van der Waals surface area (Å²) in [4.78, 5) is 0. The normalized spacial score (nSPS) is 11.2. The third-order valence-corrected chi connectivity index (χ3v) is 3.91. The second kappa shape index (κ2) is 8.60. The van der Waals surface area contributed by atoms with E-state index < -0.39 is 11.7 Å². The highest BCUT2D eigenvalue weighted by atomic mass is 19.4. The lowest BCUT2D eigenvalue weighted by molar-refractivity contribution is -0.137. The van der Waals surface area contributed by atoms with E-state index in [-0.39, 0.29) is 6.61 Å². The molecule has 0 unspecified atom stereocenters. The summed E-state index contributed by atoms with van der Waals surface area (Å²) in [5.74, 6) is 0.622. The maximum absolute atomic E-state index is 12.8. The van der Waals surface area contributed by atoms with Gasteiger partial charge in [0, 0.05) is 17.8 Å². The Morgan fingerprint density at radius 1 is 0.815 bits per heavy atom. The Morgan fingerprint density at radius 3 is 2.33 bits per heavy atom. The van der Waals surface area contributed by atoms with Crippen molar-refractivity contribution in [1.29, 1.82) is 0 Å². The third-order valence-electron chi connectivity index (χ3n) is 3.91. The molecular formula is C21H19F3N2O. The number of hydrogen-bond donors (Lipinski definition) is 2. The van der Waals surface area contributed by atoms with Gasteiger partial charge < -0.3 is 10.2 Å². The van der Waals surface area contributed by atoms with Gasteiger partial charge in [0.1, 0.15) is 12.4 Å². The Balaban J connectivity index is 1.61. The van der Waals surface area contributed by atoms with Crippen molar-refractivity contribution < 1.29 is 17.9 Å². The Bertz CT molecular complexity index is 867. The number of hydrogen-bond acceptors (Lipinski definition) is 3. The summed E-state index contributed by atoms with van der Waals surface area (Å²) < 4.78 is 44.2. The van der Waals surface area contributed by atoms with Gasteiger partial charge >= 0.3 is 6.18 Å². The van der Waals surface area contributed by atoms with Gasteiger partial charge in [-0.3, -0.25) is 0 Å². The van der Waals surface area contributed by atoms with E-state index in [9.17, 15) is 13.2 Å². The fourth-order valence-electron chi connectivity index (χ4n) is 2.55. The molecule has 0 aliphatic heterocycles. The number of alkyl halides is 3. The van der Waals surface area contributed by atoms with Crippen molar-refractivity contribution in [3.8, 4) is 5.75 Å². The molecular weight excluding hydrogens is 353 g/mol. The van der Waals surface area contributed by atoms with Crippen molar-refractivity contribution in [2.24, 2.45) is 0 Å². The lowest BCUT2D eigenvalue weighted by atomic mass is 10.1. The zero-order valence-electron chi connectivity index (χ0n) is 14.5. The molecule has 0 aromatic heterocycles. The molecule has 0 bridgehead atoms. The third kappa shape index (κ3) is 5.49. The maximum atomic E-state index is 12.8. The summed E-state index contributed by atoms with van der Waals surface area (Å²) in [5.41, 5.74) is 7.81. The SMILES string of the molecule is FC(F)(F)c1cccc(COc2ccccc2CNNc2ccccc2)c1. The first kappa shape index (κ1) is 18.8. The number of anilines is 1. The van der Waals surface area contributed by atoms with Gasteiger partial charge in [-0.2, -0.15) is 13.2 Å². The van der Waals surface area contributed by atoms with Gasteiger partial charge in [0.25, 0.3) is 0 Å². The Kier molecular flexibility index (Phi) is 5.98. The summed E-state index contributed by atoms with van der Waals surface area (Å²) in [5, 5.41) is 0. The summed E-state index contributed by atoms with van der Waals surface area (Å²) in [6, 6.07) is 22.2. The molecule has 0 radical (unpaired) electrons. The molecule has 0 aliphatic carbocycles. The van der Waals surface area contributed by atoms with Gasteiger partial charge in [-0.15, -0.1) is 0 Å². The van der Waals surface area contributed by atoms with Crippen molar-refractivity contribution >= 4 is 5.69 Å². The molecule has 0 spiro atoms. The van der Waals surface area contributed by atoms with Crippen molar-refractivity contribution in [3.63, 3.8) is 0 Å². The molecule has 27 heavy (non-hydrogen) atoms. The largest absolute Gasteiger partial charge is 0.489 e. The van der Waals surface area contributed by atoms with Gasteiger partial charge in [-0.05, 0) is 35.9 Å². The van der Waals surface area contributed by atoms with E-state index in [0.29, 0.717) is 17.9 Å². The lowest BCUT2D eigenvalue weighted by Crippen LogP contribution is -2.21. The fraction of sp³-hybridized carbons (Fsp3) is 0.143. The number of hydrazine groups is 1. The van der Waals surface area contributed by atoms with Crippen molar-refractivity contribution in [1.82, 2.24) is 5.43 Å². The molecule has 3 aromatic carbocycles. The van der Waals surface area contributed by atoms with E-state index in [1.54, 1.807) is 12.1 Å². The summed E-state index contributed by atoms with van der Waals surface area (Å²) >= 11 is 0. The van der Waals surface area contributed by atoms with Gasteiger partial charge in [-0.1, -0.05) is 48.5 Å². The van der Waals surface area contributed by atoms with Gasteiger partial charge in [0.05, 0.1) is 5.56 Å². The molecule has 0 saturated carbocycles. The molecule has 3 aromatic rings. The van der Waals surface area contributed by atoms with E-state index in [1.807, 2.05) is 48.5 Å². The Hall–Kier alpha value is -2.99. The monoisotopic (exact) mass is 372 g/mol. The molecule has 0 saturated heterocycles. The predicted octanol–water partition coefficient (Wildman–Crippen LogP) is 5.40. The minimum absolute atomic E-state index is 0.0625. The number of para-hydroxylation sites is 2. The van der Waals surface area contributed by atoms with Crippen LogP contribution in [0, 0.1) is 0 Å². The topological polar surface area (TPSA) is 33.3 Å². The predicted molar refractivity (Wildman–Crippen MR) is 99.1 cm³/mol. The molecule has 3 nitrogen and oxygen atoms in total. The quantitative estimate of drug-likeness (QED) is 0.545. The van der Waals surface area contributed by atoms with Crippen LogP contribution in [0.3, 0.4) is 0 Å². The minimum atomic E-state index is -4.36. The highest BCUT2D eigenvalue weighted by Crippen LogP contribution is 2.30. The molecule has 140 valence electrons. The highest BCUT2D eigenvalue weighted by Gasteiger charge is 2.30. The number of ether oxygens (including phenoxy) is 1. The highest BCUT2D eigenvalue weighted by molar-refractivity contribution is 5.41. The second-order valence-electron chi connectivity index (χ2n) is 5.94. The summed E-state index contributed by atoms with van der Waals surface area (Å²) in [7, 11) is 0. The van der Waals surface area contributed by atoms with E-state index in [4.69, 9.17) is 4.74 Å². The minimum Gasteiger partial charge on any atom is -0.489 e. The standard InChI is InChI=1S/C21H19F3N2O/c22-21(23,24)18-9-6-7-16(13-18)15-27-20-12-5-4-8-17(20)14-25-26-19-10-2-1-3-11-19/h1-13,25-26H,14-15H2. The van der Waals surface area contributed by atoms with Crippen molar-refractivity contribution in [3.05, 3.63) is 95.6 Å². The average Bonchev–Trinajstić information content (AvgIpc) is 2.68. The van der Waals surface area contributed by atoms with Crippen LogP contribution in [0.2, 0.25) is 0 Å². The second-order valence-corrected chi connectivity index (χ2v) is 5.94. The number of rotatable bonds is 7. The van der Waals surface area contributed by atoms with Gasteiger partial charge in [0.2, 0.25) is 0 Å².